The topological polar surface area (TPSA) is 82.2 Å². The molecule has 2 aromatic heterocycles. The molecule has 0 spiro atoms. The van der Waals surface area contributed by atoms with Gasteiger partial charge in [0.2, 0.25) is 0 Å². The fourth-order valence-electron chi connectivity index (χ4n) is 5.39. The fourth-order valence-corrected chi connectivity index (χ4v) is 5.39. The summed E-state index contributed by atoms with van der Waals surface area (Å²) in [5.41, 5.74) is 3.94. The molecule has 38 heavy (non-hydrogen) atoms. The Morgan fingerprint density at radius 2 is 1.71 bits per heavy atom. The number of fused-ring (bicyclic) bond motifs is 2. The number of carbonyl (C=O) groups excluding carboxylic acids is 2. The number of rotatable bonds is 5. The maximum absolute atomic E-state index is 14.1. The van der Waals surface area contributed by atoms with Crippen molar-refractivity contribution in [2.75, 3.05) is 0 Å². The molecule has 196 valence electrons. The van der Waals surface area contributed by atoms with Crippen molar-refractivity contribution in [1.29, 1.82) is 0 Å². The van der Waals surface area contributed by atoms with Gasteiger partial charge in [-0.15, -0.1) is 0 Å². The molecule has 2 aliphatic carbocycles. The second-order valence-corrected chi connectivity index (χ2v) is 11.4. The lowest BCUT2D eigenvalue weighted by Gasteiger charge is -2.34. The van der Waals surface area contributed by atoms with Gasteiger partial charge in [-0.3, -0.25) is 9.48 Å². The first kappa shape index (κ1) is 24.4. The van der Waals surface area contributed by atoms with E-state index >= 15 is 0 Å². The highest BCUT2D eigenvalue weighted by atomic mass is 16.6. The molecule has 1 unspecified atom stereocenters. The molecule has 2 heterocycles. The number of hydrogen-bond acceptors (Lipinski definition) is 5. The quantitative estimate of drug-likeness (QED) is 0.367. The van der Waals surface area contributed by atoms with Crippen LogP contribution in [0.15, 0.2) is 60.8 Å². The first-order valence-electron chi connectivity index (χ1n) is 13.4. The van der Waals surface area contributed by atoms with Crippen LogP contribution >= 0.6 is 0 Å². The second kappa shape index (κ2) is 9.42. The van der Waals surface area contributed by atoms with Gasteiger partial charge in [-0.05, 0) is 70.1 Å². The fraction of sp³-hybridized carbons (Fsp3) is 0.400. The lowest BCUT2D eigenvalue weighted by molar-refractivity contribution is 0.0513. The zero-order valence-electron chi connectivity index (χ0n) is 22.1. The van der Waals surface area contributed by atoms with E-state index < -0.39 is 11.7 Å². The van der Waals surface area contributed by atoms with Crippen molar-refractivity contribution in [2.45, 2.75) is 77.1 Å². The Labute approximate surface area is 222 Å². The maximum atomic E-state index is 14.1. The van der Waals surface area contributed by atoms with Gasteiger partial charge < -0.3 is 9.64 Å². The Kier molecular flexibility index (Phi) is 6.05. The van der Waals surface area contributed by atoms with Crippen LogP contribution in [0, 0.1) is 0 Å². The lowest BCUT2D eigenvalue weighted by Crippen LogP contribution is -2.45. The van der Waals surface area contributed by atoms with Gasteiger partial charge in [0.15, 0.2) is 5.69 Å². The van der Waals surface area contributed by atoms with E-state index in [2.05, 4.69) is 22.1 Å². The molecule has 1 saturated carbocycles. The van der Waals surface area contributed by atoms with Crippen molar-refractivity contribution >= 4 is 22.9 Å². The molecule has 2 aliphatic rings. The summed E-state index contributed by atoms with van der Waals surface area (Å²) in [5, 5.41) is 10.2. The van der Waals surface area contributed by atoms with E-state index in [1.54, 1.807) is 6.20 Å². The maximum Gasteiger partial charge on any atom is 0.435 e. The number of nitrogens with zero attached hydrogens (tertiary/aromatic N) is 5. The summed E-state index contributed by atoms with van der Waals surface area (Å²) in [5.74, 6) is -0.0107. The van der Waals surface area contributed by atoms with Crippen molar-refractivity contribution in [3.8, 4) is 0 Å². The standard InChI is InChI=1S/C30H33N5O3/c1-30(2,3)38-29(37)34-19-21-17-23(15-16-25(21)31-34)35(22-13-14-22)28(36)27-24-11-7-8-12-26(24)33(32-27)18-20-9-5-4-6-10-20/h4-12,19,22-23H,13-18H2,1-3H3. The summed E-state index contributed by atoms with van der Waals surface area (Å²) < 4.78 is 8.74. The Hall–Kier alpha value is -3.94. The summed E-state index contributed by atoms with van der Waals surface area (Å²) in [4.78, 5) is 28.8. The molecule has 0 bridgehead atoms. The number of carbonyl (C=O) groups is 2. The predicted octanol–water partition coefficient (Wildman–Crippen LogP) is 5.23. The minimum Gasteiger partial charge on any atom is -0.442 e. The van der Waals surface area contributed by atoms with E-state index in [0.29, 0.717) is 18.7 Å². The van der Waals surface area contributed by atoms with Crippen LogP contribution < -0.4 is 0 Å². The Bertz CT molecular complexity index is 1490. The largest absolute Gasteiger partial charge is 0.442 e. The van der Waals surface area contributed by atoms with Gasteiger partial charge in [0, 0.05) is 23.7 Å². The first-order valence-corrected chi connectivity index (χ1v) is 13.4. The summed E-state index contributed by atoms with van der Waals surface area (Å²) in [6.07, 6.45) is 5.51. The SMILES string of the molecule is CC(C)(C)OC(=O)n1cc2c(n1)CCC(N(C(=O)c1nn(Cc3ccccc3)c3ccccc13)C1CC1)C2. The van der Waals surface area contributed by atoms with Crippen LogP contribution in [0.4, 0.5) is 4.79 Å². The minimum atomic E-state index is -0.589. The van der Waals surface area contributed by atoms with Crippen LogP contribution in [0.1, 0.15) is 67.3 Å². The molecule has 1 atom stereocenters. The van der Waals surface area contributed by atoms with Crippen molar-refractivity contribution in [1.82, 2.24) is 24.5 Å². The summed E-state index contributed by atoms with van der Waals surface area (Å²) in [6, 6.07) is 18.4. The van der Waals surface area contributed by atoms with Crippen molar-refractivity contribution in [3.05, 3.63) is 83.3 Å². The molecular weight excluding hydrogens is 478 g/mol. The summed E-state index contributed by atoms with van der Waals surface area (Å²) >= 11 is 0. The second-order valence-electron chi connectivity index (χ2n) is 11.4. The number of amides is 1. The zero-order valence-corrected chi connectivity index (χ0v) is 22.1. The Morgan fingerprint density at radius 1 is 0.974 bits per heavy atom. The lowest BCUT2D eigenvalue weighted by atomic mass is 9.92. The predicted molar refractivity (Wildman–Crippen MR) is 144 cm³/mol. The van der Waals surface area contributed by atoms with E-state index in [0.717, 1.165) is 53.4 Å². The van der Waals surface area contributed by atoms with Gasteiger partial charge in [-0.2, -0.15) is 14.9 Å². The number of aromatic nitrogens is 4. The monoisotopic (exact) mass is 511 g/mol. The van der Waals surface area contributed by atoms with Gasteiger partial charge in [0.1, 0.15) is 5.60 Å². The van der Waals surface area contributed by atoms with Crippen LogP contribution in [0.5, 0.6) is 0 Å². The molecule has 8 nitrogen and oxygen atoms in total. The third-order valence-electron chi connectivity index (χ3n) is 7.23. The third-order valence-corrected chi connectivity index (χ3v) is 7.23. The van der Waals surface area contributed by atoms with E-state index in [1.807, 2.05) is 67.9 Å². The minimum absolute atomic E-state index is 0.0107. The van der Waals surface area contributed by atoms with Crippen LogP contribution in [-0.2, 0) is 24.1 Å². The van der Waals surface area contributed by atoms with Gasteiger partial charge in [0.25, 0.3) is 5.91 Å². The highest BCUT2D eigenvalue weighted by Gasteiger charge is 2.41. The number of benzene rings is 2. The highest BCUT2D eigenvalue weighted by Crippen LogP contribution is 2.35. The smallest absolute Gasteiger partial charge is 0.435 e. The molecule has 0 saturated heterocycles. The number of hydrogen-bond donors (Lipinski definition) is 0. The molecule has 6 rings (SSSR count). The van der Waals surface area contributed by atoms with Gasteiger partial charge >= 0.3 is 6.09 Å². The van der Waals surface area contributed by atoms with E-state index in [9.17, 15) is 9.59 Å². The molecule has 2 aromatic carbocycles. The van der Waals surface area contributed by atoms with Gasteiger partial charge in [0.05, 0.1) is 17.8 Å². The Balaban J connectivity index is 1.28. The molecule has 1 amide bonds. The van der Waals surface area contributed by atoms with Crippen molar-refractivity contribution in [2.24, 2.45) is 0 Å². The normalized spacial score (nSPS) is 17.3. The van der Waals surface area contributed by atoms with E-state index in [1.165, 1.54) is 4.68 Å². The van der Waals surface area contributed by atoms with Gasteiger partial charge in [-0.25, -0.2) is 4.79 Å². The molecule has 1 fully saturated rings. The average Bonchev–Trinajstić information content (AvgIpc) is 3.51. The van der Waals surface area contributed by atoms with Gasteiger partial charge in [-0.1, -0.05) is 48.5 Å². The summed E-state index contributed by atoms with van der Waals surface area (Å²) in [7, 11) is 0. The molecule has 8 heteroatoms. The zero-order chi connectivity index (χ0) is 26.4. The first-order chi connectivity index (χ1) is 18.3. The molecule has 4 aromatic rings. The summed E-state index contributed by atoms with van der Waals surface area (Å²) in [6.45, 7) is 6.13. The van der Waals surface area contributed by atoms with Crippen LogP contribution in [0.3, 0.4) is 0 Å². The van der Waals surface area contributed by atoms with Crippen molar-refractivity contribution < 1.29 is 14.3 Å². The van der Waals surface area contributed by atoms with Crippen LogP contribution in [-0.4, -0.2) is 54.1 Å². The molecular formula is C30H33N5O3. The molecule has 0 N–H and O–H groups in total. The van der Waals surface area contributed by atoms with Crippen LogP contribution in [0.25, 0.3) is 10.9 Å². The number of aryl methyl sites for hydroxylation is 1. The highest BCUT2D eigenvalue weighted by molar-refractivity contribution is 6.05. The molecule has 0 radical (unpaired) electrons. The van der Waals surface area contributed by atoms with Crippen molar-refractivity contribution in [3.63, 3.8) is 0 Å². The van der Waals surface area contributed by atoms with E-state index in [4.69, 9.17) is 9.84 Å². The van der Waals surface area contributed by atoms with E-state index in [-0.39, 0.29) is 18.0 Å². The number of para-hydroxylation sites is 1. The Morgan fingerprint density at radius 3 is 2.45 bits per heavy atom. The third kappa shape index (κ3) is 4.83. The molecule has 0 aliphatic heterocycles. The average molecular weight is 512 g/mol. The van der Waals surface area contributed by atoms with Crippen LogP contribution in [0.2, 0.25) is 0 Å². The number of ether oxygens (including phenoxy) is 1.